The van der Waals surface area contributed by atoms with E-state index >= 15 is 0 Å². The van der Waals surface area contributed by atoms with Crippen molar-refractivity contribution in [1.29, 1.82) is 0 Å². The highest BCUT2D eigenvalue weighted by Gasteiger charge is 2.28. The SMILES string of the molecule is CCCCOC(=O)N[C@@H](CC(=O)Oc1cc(O)[nH]c1O)C(=O)OCc1ccccc1. The number of esters is 2. The molecule has 0 aliphatic carbocycles. The van der Waals surface area contributed by atoms with Crippen LogP contribution in [-0.4, -0.2) is 45.9 Å². The van der Waals surface area contributed by atoms with Crippen LogP contribution in [0.1, 0.15) is 31.7 Å². The maximum absolute atomic E-state index is 12.4. The van der Waals surface area contributed by atoms with Crippen molar-refractivity contribution in [3.05, 3.63) is 42.0 Å². The minimum atomic E-state index is -1.37. The lowest BCUT2D eigenvalue weighted by Gasteiger charge is -2.17. The minimum Gasteiger partial charge on any atom is -0.494 e. The summed E-state index contributed by atoms with van der Waals surface area (Å²) >= 11 is 0. The zero-order valence-corrected chi connectivity index (χ0v) is 16.4. The van der Waals surface area contributed by atoms with Gasteiger partial charge in [-0.1, -0.05) is 43.7 Å². The summed E-state index contributed by atoms with van der Waals surface area (Å²) in [6.45, 7) is 2.04. The molecule has 4 N–H and O–H groups in total. The predicted molar refractivity (Wildman–Crippen MR) is 104 cm³/mol. The molecule has 10 nitrogen and oxygen atoms in total. The van der Waals surface area contributed by atoms with E-state index < -0.39 is 42.3 Å². The second-order valence-electron chi connectivity index (χ2n) is 6.33. The third-order valence-corrected chi connectivity index (χ3v) is 3.87. The number of unbranched alkanes of at least 4 members (excludes halogenated alkanes) is 1. The summed E-state index contributed by atoms with van der Waals surface area (Å²) in [4.78, 5) is 38.7. The van der Waals surface area contributed by atoms with Crippen molar-refractivity contribution in [2.24, 2.45) is 0 Å². The van der Waals surface area contributed by atoms with Gasteiger partial charge in [0.15, 0.2) is 11.6 Å². The highest BCUT2D eigenvalue weighted by Crippen LogP contribution is 2.29. The number of alkyl carbamates (subject to hydrolysis) is 1. The zero-order chi connectivity index (χ0) is 21.9. The normalized spacial score (nSPS) is 11.4. The number of carbonyl (C=O) groups excluding carboxylic acids is 3. The molecule has 1 heterocycles. The van der Waals surface area contributed by atoms with E-state index in [4.69, 9.17) is 14.2 Å². The van der Waals surface area contributed by atoms with Crippen LogP contribution in [0.3, 0.4) is 0 Å². The Labute approximate surface area is 172 Å². The molecular weight excluding hydrogens is 396 g/mol. The number of amides is 1. The number of nitrogens with one attached hydrogen (secondary N) is 2. The van der Waals surface area contributed by atoms with Gasteiger partial charge in [-0.25, -0.2) is 9.59 Å². The van der Waals surface area contributed by atoms with Crippen molar-refractivity contribution in [2.75, 3.05) is 6.61 Å². The van der Waals surface area contributed by atoms with Gasteiger partial charge >= 0.3 is 18.0 Å². The minimum absolute atomic E-state index is 0.0513. The van der Waals surface area contributed by atoms with E-state index in [9.17, 15) is 24.6 Å². The highest BCUT2D eigenvalue weighted by molar-refractivity contribution is 5.87. The molecule has 30 heavy (non-hydrogen) atoms. The second kappa shape index (κ2) is 11.3. The van der Waals surface area contributed by atoms with Crippen LogP contribution in [-0.2, 0) is 25.7 Å². The Kier molecular flexibility index (Phi) is 8.55. The van der Waals surface area contributed by atoms with Gasteiger partial charge in [-0.05, 0) is 12.0 Å². The van der Waals surface area contributed by atoms with Gasteiger partial charge in [0.25, 0.3) is 0 Å². The first-order chi connectivity index (χ1) is 14.4. The Morgan fingerprint density at radius 1 is 1.13 bits per heavy atom. The van der Waals surface area contributed by atoms with E-state index in [0.29, 0.717) is 6.42 Å². The Hall–Kier alpha value is -3.69. The first-order valence-corrected chi connectivity index (χ1v) is 9.34. The average Bonchev–Trinajstić information content (AvgIpc) is 3.03. The summed E-state index contributed by atoms with van der Waals surface area (Å²) in [5, 5.41) is 21.1. The number of hydrogen-bond acceptors (Lipinski definition) is 8. The van der Waals surface area contributed by atoms with E-state index in [0.717, 1.165) is 18.1 Å². The first kappa shape index (κ1) is 22.6. The molecule has 0 spiro atoms. The van der Waals surface area contributed by atoms with Crippen LogP contribution in [0.15, 0.2) is 36.4 Å². The Balaban J connectivity index is 1.99. The molecule has 1 atom stereocenters. The number of carbonyl (C=O) groups is 3. The molecule has 0 saturated heterocycles. The van der Waals surface area contributed by atoms with E-state index in [1.54, 1.807) is 24.3 Å². The monoisotopic (exact) mass is 420 g/mol. The van der Waals surface area contributed by atoms with Gasteiger partial charge in [-0.3, -0.25) is 9.78 Å². The summed E-state index contributed by atoms with van der Waals surface area (Å²) in [5.74, 6) is -3.09. The molecule has 162 valence electrons. The van der Waals surface area contributed by atoms with E-state index in [1.807, 2.05) is 13.0 Å². The number of benzene rings is 1. The Morgan fingerprint density at radius 2 is 1.87 bits per heavy atom. The molecule has 1 aromatic heterocycles. The van der Waals surface area contributed by atoms with Crippen LogP contribution in [0.4, 0.5) is 4.79 Å². The van der Waals surface area contributed by atoms with Crippen molar-refractivity contribution in [2.45, 2.75) is 38.8 Å². The van der Waals surface area contributed by atoms with Crippen molar-refractivity contribution in [1.82, 2.24) is 10.3 Å². The Morgan fingerprint density at radius 3 is 2.50 bits per heavy atom. The summed E-state index contributed by atoms with van der Waals surface area (Å²) < 4.78 is 15.1. The van der Waals surface area contributed by atoms with Crippen molar-refractivity contribution in [3.63, 3.8) is 0 Å². The second-order valence-corrected chi connectivity index (χ2v) is 6.33. The number of aromatic nitrogens is 1. The maximum Gasteiger partial charge on any atom is 0.407 e. The summed E-state index contributed by atoms with van der Waals surface area (Å²) in [5.41, 5.74) is 0.727. The molecule has 2 aromatic rings. The van der Waals surface area contributed by atoms with E-state index in [-0.39, 0.29) is 19.0 Å². The van der Waals surface area contributed by atoms with Crippen molar-refractivity contribution >= 4 is 18.0 Å². The van der Waals surface area contributed by atoms with E-state index in [1.165, 1.54) is 0 Å². The zero-order valence-electron chi connectivity index (χ0n) is 16.4. The van der Waals surface area contributed by atoms with Crippen LogP contribution in [0.5, 0.6) is 17.5 Å². The van der Waals surface area contributed by atoms with Crippen LogP contribution in [0, 0.1) is 0 Å². The first-order valence-electron chi connectivity index (χ1n) is 9.34. The lowest BCUT2D eigenvalue weighted by atomic mass is 10.2. The third kappa shape index (κ3) is 7.38. The predicted octanol–water partition coefficient (Wildman–Crippen LogP) is 2.36. The van der Waals surface area contributed by atoms with Gasteiger partial charge in [-0.2, -0.15) is 0 Å². The summed E-state index contributed by atoms with van der Waals surface area (Å²) in [6, 6.07) is 8.49. The average molecular weight is 420 g/mol. The molecular formula is C20H24N2O8. The molecule has 0 aliphatic rings. The van der Waals surface area contributed by atoms with Gasteiger partial charge in [0.05, 0.1) is 13.0 Å². The van der Waals surface area contributed by atoms with Crippen LogP contribution < -0.4 is 10.1 Å². The summed E-state index contributed by atoms with van der Waals surface area (Å²) in [7, 11) is 0. The standard InChI is InChI=1S/C20H24N2O8/c1-2-3-9-28-20(27)21-14(19(26)29-12-13-7-5-4-6-8-13)10-17(24)30-15-11-16(23)22-18(15)25/h4-8,11,14,22-23,25H,2-3,9-10,12H2,1H3,(H,21,27)/t14-/m0/s1. The fourth-order valence-corrected chi connectivity index (χ4v) is 2.34. The van der Waals surface area contributed by atoms with Crippen molar-refractivity contribution in [3.8, 4) is 17.5 Å². The quantitative estimate of drug-likeness (QED) is 0.338. The van der Waals surface area contributed by atoms with Gasteiger partial charge in [0, 0.05) is 6.07 Å². The molecule has 1 amide bonds. The van der Waals surface area contributed by atoms with E-state index in [2.05, 4.69) is 10.3 Å². The topological polar surface area (TPSA) is 147 Å². The molecule has 0 unspecified atom stereocenters. The molecule has 0 radical (unpaired) electrons. The lowest BCUT2D eigenvalue weighted by molar-refractivity contribution is -0.150. The summed E-state index contributed by atoms with van der Waals surface area (Å²) in [6.07, 6.45) is 0.00588. The lowest BCUT2D eigenvalue weighted by Crippen LogP contribution is -2.44. The third-order valence-electron chi connectivity index (χ3n) is 3.87. The molecule has 0 bridgehead atoms. The number of aromatic amines is 1. The number of rotatable bonds is 10. The van der Waals surface area contributed by atoms with Gasteiger partial charge in [0.2, 0.25) is 5.88 Å². The largest absolute Gasteiger partial charge is 0.494 e. The fourth-order valence-electron chi connectivity index (χ4n) is 2.34. The molecule has 0 fully saturated rings. The van der Waals surface area contributed by atoms with Crippen LogP contribution >= 0.6 is 0 Å². The smallest absolute Gasteiger partial charge is 0.407 e. The van der Waals surface area contributed by atoms with Gasteiger partial charge < -0.3 is 29.7 Å². The van der Waals surface area contributed by atoms with Crippen LogP contribution in [0.25, 0.3) is 0 Å². The number of ether oxygens (including phenoxy) is 3. The molecule has 1 aromatic carbocycles. The molecule has 10 heteroatoms. The van der Waals surface area contributed by atoms with Gasteiger partial charge in [0.1, 0.15) is 12.6 Å². The van der Waals surface area contributed by atoms with Gasteiger partial charge in [-0.15, -0.1) is 0 Å². The fraction of sp³-hybridized carbons (Fsp3) is 0.350. The highest BCUT2D eigenvalue weighted by atomic mass is 16.6. The van der Waals surface area contributed by atoms with Crippen molar-refractivity contribution < 1.29 is 38.8 Å². The number of aromatic hydroxyl groups is 2. The number of hydrogen-bond donors (Lipinski definition) is 4. The Bertz CT molecular complexity index is 850. The molecule has 0 saturated carbocycles. The maximum atomic E-state index is 12.4. The number of H-pyrrole nitrogens is 1. The van der Waals surface area contributed by atoms with Crippen LogP contribution in [0.2, 0.25) is 0 Å². The molecule has 0 aliphatic heterocycles. The molecule has 2 rings (SSSR count).